The minimum absolute atomic E-state index is 0.251. The van der Waals surface area contributed by atoms with Gasteiger partial charge in [-0.05, 0) is 34.5 Å². The quantitative estimate of drug-likeness (QED) is 0.885. The van der Waals surface area contributed by atoms with Gasteiger partial charge in [0.2, 0.25) is 0 Å². The van der Waals surface area contributed by atoms with Crippen LogP contribution in [0.4, 0.5) is 5.69 Å². The second-order valence-electron chi connectivity index (χ2n) is 4.06. The number of piperazine rings is 1. The molecule has 3 nitrogen and oxygen atoms in total. The maximum absolute atomic E-state index is 8.96. The van der Waals surface area contributed by atoms with E-state index in [1.807, 2.05) is 6.07 Å². The first kappa shape index (κ1) is 11.9. The van der Waals surface area contributed by atoms with Crippen molar-refractivity contribution in [3.8, 4) is 0 Å². The Labute approximate surface area is 105 Å². The first-order valence-corrected chi connectivity index (χ1v) is 6.44. The van der Waals surface area contributed by atoms with E-state index in [1.54, 1.807) is 0 Å². The predicted molar refractivity (Wildman–Crippen MR) is 69.8 cm³/mol. The Hall–Kier alpha value is -0.580. The number of nitrogens with zero attached hydrogens (tertiary/aromatic N) is 1. The molecule has 0 saturated carbocycles. The lowest BCUT2D eigenvalue weighted by atomic mass is 10.1. The van der Waals surface area contributed by atoms with E-state index >= 15 is 0 Å². The summed E-state index contributed by atoms with van der Waals surface area (Å²) in [4.78, 5) is 2.36. The van der Waals surface area contributed by atoms with E-state index in [0.29, 0.717) is 6.04 Å². The molecule has 1 aromatic carbocycles. The average Bonchev–Trinajstić information content (AvgIpc) is 2.30. The predicted octanol–water partition coefficient (Wildman–Crippen LogP) is 1.61. The molecule has 1 aliphatic heterocycles. The summed E-state index contributed by atoms with van der Waals surface area (Å²) in [7, 11) is 0. The summed E-state index contributed by atoms with van der Waals surface area (Å²) in [5.74, 6) is 0. The van der Waals surface area contributed by atoms with Gasteiger partial charge in [0.25, 0.3) is 0 Å². The van der Waals surface area contributed by atoms with Gasteiger partial charge in [-0.2, -0.15) is 0 Å². The maximum atomic E-state index is 8.96. The van der Waals surface area contributed by atoms with Crippen molar-refractivity contribution in [1.82, 2.24) is 5.32 Å². The summed E-state index contributed by atoms with van der Waals surface area (Å²) in [6, 6.07) is 8.68. The molecule has 1 heterocycles. The Morgan fingerprint density at radius 3 is 3.00 bits per heavy atom. The van der Waals surface area contributed by atoms with E-state index in [0.717, 1.165) is 30.5 Å². The van der Waals surface area contributed by atoms with Crippen LogP contribution < -0.4 is 10.2 Å². The molecule has 0 spiro atoms. The normalized spacial score (nSPS) is 21.1. The van der Waals surface area contributed by atoms with Crippen LogP contribution in [0.1, 0.15) is 6.42 Å². The van der Waals surface area contributed by atoms with Crippen molar-refractivity contribution < 1.29 is 5.11 Å². The summed E-state index contributed by atoms with van der Waals surface area (Å²) in [6.45, 7) is 3.21. The topological polar surface area (TPSA) is 35.5 Å². The zero-order valence-corrected chi connectivity index (χ0v) is 10.8. The van der Waals surface area contributed by atoms with Gasteiger partial charge in [0.1, 0.15) is 0 Å². The molecule has 1 aliphatic rings. The molecule has 1 unspecified atom stereocenters. The monoisotopic (exact) mass is 284 g/mol. The van der Waals surface area contributed by atoms with Gasteiger partial charge in [-0.3, -0.25) is 0 Å². The molecule has 0 aromatic heterocycles. The number of nitrogens with one attached hydrogen (secondary N) is 1. The van der Waals surface area contributed by atoms with Crippen molar-refractivity contribution in [2.24, 2.45) is 0 Å². The van der Waals surface area contributed by atoms with Gasteiger partial charge >= 0.3 is 0 Å². The Morgan fingerprint density at radius 2 is 2.25 bits per heavy atom. The van der Waals surface area contributed by atoms with Crippen molar-refractivity contribution >= 4 is 21.6 Å². The van der Waals surface area contributed by atoms with E-state index in [1.165, 1.54) is 5.69 Å². The van der Waals surface area contributed by atoms with Crippen molar-refractivity contribution in [2.75, 3.05) is 31.1 Å². The Bertz CT molecular complexity index is 344. The molecule has 1 saturated heterocycles. The molecule has 16 heavy (non-hydrogen) atoms. The van der Waals surface area contributed by atoms with Crippen LogP contribution in [0.3, 0.4) is 0 Å². The number of aliphatic hydroxyl groups is 1. The number of anilines is 1. The van der Waals surface area contributed by atoms with E-state index in [2.05, 4.69) is 44.3 Å². The fourth-order valence-corrected chi connectivity index (χ4v) is 2.64. The third-order valence-corrected chi connectivity index (χ3v) is 3.60. The van der Waals surface area contributed by atoms with E-state index in [9.17, 15) is 0 Å². The van der Waals surface area contributed by atoms with Gasteiger partial charge in [-0.25, -0.2) is 0 Å². The number of hydrogen-bond acceptors (Lipinski definition) is 3. The van der Waals surface area contributed by atoms with Crippen LogP contribution in [0.2, 0.25) is 0 Å². The minimum atomic E-state index is 0.251. The van der Waals surface area contributed by atoms with Gasteiger partial charge in [0, 0.05) is 36.8 Å². The minimum Gasteiger partial charge on any atom is -0.396 e. The van der Waals surface area contributed by atoms with Crippen molar-refractivity contribution in [1.29, 1.82) is 0 Å². The first-order chi connectivity index (χ1) is 7.81. The van der Waals surface area contributed by atoms with Crippen molar-refractivity contribution in [3.63, 3.8) is 0 Å². The standard InChI is InChI=1S/C12H17BrN2O/c13-11-3-1-2-4-12(11)15-7-6-14-10(9-15)5-8-16/h1-4,10,14,16H,5-9H2. The van der Waals surface area contributed by atoms with E-state index in [4.69, 9.17) is 5.11 Å². The summed E-state index contributed by atoms with van der Waals surface area (Å²) in [6.07, 6.45) is 0.820. The number of hydrogen-bond donors (Lipinski definition) is 2. The molecule has 2 rings (SSSR count). The second-order valence-corrected chi connectivity index (χ2v) is 4.92. The number of aliphatic hydroxyl groups excluding tert-OH is 1. The van der Waals surface area contributed by atoms with E-state index in [-0.39, 0.29) is 6.61 Å². The molecule has 1 fully saturated rings. The molecular weight excluding hydrogens is 268 g/mol. The molecule has 1 aromatic rings. The summed E-state index contributed by atoms with van der Waals surface area (Å²) in [5.41, 5.74) is 1.24. The second kappa shape index (κ2) is 5.66. The lowest BCUT2D eigenvalue weighted by molar-refractivity contribution is 0.260. The van der Waals surface area contributed by atoms with Gasteiger partial charge in [0.05, 0.1) is 5.69 Å². The maximum Gasteiger partial charge on any atom is 0.0511 e. The van der Waals surface area contributed by atoms with Crippen molar-refractivity contribution in [3.05, 3.63) is 28.7 Å². The fourth-order valence-electron chi connectivity index (χ4n) is 2.10. The molecule has 4 heteroatoms. The Balaban J connectivity index is 2.07. The van der Waals surface area contributed by atoms with Gasteiger partial charge in [0.15, 0.2) is 0 Å². The fraction of sp³-hybridized carbons (Fsp3) is 0.500. The number of benzene rings is 1. The molecule has 1 atom stereocenters. The zero-order valence-electron chi connectivity index (χ0n) is 9.19. The lowest BCUT2D eigenvalue weighted by Crippen LogP contribution is -2.51. The average molecular weight is 285 g/mol. The Kier molecular flexibility index (Phi) is 4.21. The SMILES string of the molecule is OCCC1CN(c2ccccc2Br)CCN1. The van der Waals surface area contributed by atoms with Crippen LogP contribution in [0.5, 0.6) is 0 Å². The van der Waals surface area contributed by atoms with E-state index < -0.39 is 0 Å². The summed E-state index contributed by atoms with van der Waals surface area (Å²) < 4.78 is 1.14. The highest BCUT2D eigenvalue weighted by molar-refractivity contribution is 9.10. The highest BCUT2D eigenvalue weighted by atomic mass is 79.9. The molecule has 88 valence electrons. The van der Waals surface area contributed by atoms with Crippen LogP contribution in [0, 0.1) is 0 Å². The first-order valence-electron chi connectivity index (χ1n) is 5.65. The Morgan fingerprint density at radius 1 is 1.44 bits per heavy atom. The van der Waals surface area contributed by atoms with Crippen LogP contribution in [-0.2, 0) is 0 Å². The highest BCUT2D eigenvalue weighted by Crippen LogP contribution is 2.26. The number of para-hydroxylation sites is 1. The molecular formula is C12H17BrN2O. The molecule has 0 aliphatic carbocycles. The largest absolute Gasteiger partial charge is 0.396 e. The van der Waals surface area contributed by atoms with Crippen LogP contribution in [0.25, 0.3) is 0 Å². The third-order valence-electron chi connectivity index (χ3n) is 2.93. The molecule has 2 N–H and O–H groups in total. The summed E-state index contributed by atoms with van der Waals surface area (Å²) >= 11 is 3.58. The number of rotatable bonds is 3. The molecule has 0 radical (unpaired) electrons. The van der Waals surface area contributed by atoms with Gasteiger partial charge in [-0.15, -0.1) is 0 Å². The third kappa shape index (κ3) is 2.75. The number of halogens is 1. The highest BCUT2D eigenvalue weighted by Gasteiger charge is 2.19. The van der Waals surface area contributed by atoms with Crippen molar-refractivity contribution in [2.45, 2.75) is 12.5 Å². The smallest absolute Gasteiger partial charge is 0.0511 e. The lowest BCUT2D eigenvalue weighted by Gasteiger charge is -2.35. The summed E-state index contributed by atoms with van der Waals surface area (Å²) in [5, 5.41) is 12.4. The van der Waals surface area contributed by atoms with Gasteiger partial charge < -0.3 is 15.3 Å². The van der Waals surface area contributed by atoms with Crippen LogP contribution >= 0.6 is 15.9 Å². The van der Waals surface area contributed by atoms with Gasteiger partial charge in [-0.1, -0.05) is 12.1 Å². The zero-order chi connectivity index (χ0) is 11.4. The molecule has 0 bridgehead atoms. The van der Waals surface area contributed by atoms with Crippen LogP contribution in [-0.4, -0.2) is 37.4 Å². The molecule has 0 amide bonds. The van der Waals surface area contributed by atoms with Crippen LogP contribution in [0.15, 0.2) is 28.7 Å².